The number of hydrogen-bond acceptors (Lipinski definition) is 6. The lowest BCUT2D eigenvalue weighted by Crippen LogP contribution is -2.37. The summed E-state index contributed by atoms with van der Waals surface area (Å²) in [5.41, 5.74) is 1.12. The van der Waals surface area contributed by atoms with E-state index in [4.69, 9.17) is 14.2 Å². The zero-order valence-electron chi connectivity index (χ0n) is 14.3. The van der Waals surface area contributed by atoms with Crippen molar-refractivity contribution in [3.8, 4) is 5.75 Å². The minimum absolute atomic E-state index is 0.455. The fraction of sp³-hybridized carbons (Fsp3) is 0.706. The van der Waals surface area contributed by atoms with Crippen molar-refractivity contribution >= 4 is 5.69 Å². The molecule has 2 heterocycles. The van der Waals surface area contributed by atoms with Gasteiger partial charge in [0, 0.05) is 31.8 Å². The van der Waals surface area contributed by atoms with Gasteiger partial charge in [0.25, 0.3) is 0 Å². The van der Waals surface area contributed by atoms with Crippen LogP contribution in [0.1, 0.15) is 20.3 Å². The van der Waals surface area contributed by atoms with Crippen molar-refractivity contribution in [2.75, 3.05) is 57.6 Å². The molecule has 130 valence electrons. The average Bonchev–Trinajstić information content (AvgIpc) is 2.79. The maximum absolute atomic E-state index is 5.74. The largest absolute Gasteiger partial charge is 0.489 e. The molecule has 0 bridgehead atoms. The number of nitrogens with one attached hydrogen (secondary N) is 1. The van der Waals surface area contributed by atoms with Gasteiger partial charge in [-0.15, -0.1) is 0 Å². The summed E-state index contributed by atoms with van der Waals surface area (Å²) in [6.07, 6.45) is 4.81. The first-order chi connectivity index (χ1) is 11.3. The molecule has 1 saturated heterocycles. The monoisotopic (exact) mass is 323 g/mol. The molecule has 0 aromatic carbocycles. The van der Waals surface area contributed by atoms with Gasteiger partial charge in [-0.25, -0.2) is 0 Å². The summed E-state index contributed by atoms with van der Waals surface area (Å²) in [7, 11) is 0. The molecule has 1 aromatic heterocycles. The summed E-state index contributed by atoms with van der Waals surface area (Å²) in [6, 6.07) is 2.52. The molecule has 0 saturated carbocycles. The van der Waals surface area contributed by atoms with Crippen LogP contribution in [0.3, 0.4) is 0 Å². The summed E-state index contributed by atoms with van der Waals surface area (Å²) in [4.78, 5) is 6.70. The molecule has 1 atom stereocenters. The Kier molecular flexibility index (Phi) is 8.14. The minimum atomic E-state index is 0.455. The number of ether oxygens (including phenoxy) is 3. The van der Waals surface area contributed by atoms with Gasteiger partial charge in [-0.2, -0.15) is 0 Å². The van der Waals surface area contributed by atoms with Crippen LogP contribution in [-0.2, 0) is 9.47 Å². The summed E-state index contributed by atoms with van der Waals surface area (Å²) in [5, 5.41) is 3.45. The first kappa shape index (κ1) is 18.0. The number of rotatable bonds is 9. The third-order valence-electron chi connectivity index (χ3n) is 3.83. The van der Waals surface area contributed by atoms with Crippen LogP contribution in [0.25, 0.3) is 0 Å². The molecule has 1 N–H and O–H groups in total. The van der Waals surface area contributed by atoms with Crippen molar-refractivity contribution in [3.63, 3.8) is 0 Å². The van der Waals surface area contributed by atoms with Gasteiger partial charge in [0.2, 0.25) is 0 Å². The van der Waals surface area contributed by atoms with Gasteiger partial charge < -0.3 is 24.4 Å². The summed E-state index contributed by atoms with van der Waals surface area (Å²) >= 11 is 0. The molecule has 0 aliphatic carbocycles. The van der Waals surface area contributed by atoms with E-state index in [0.717, 1.165) is 44.1 Å². The van der Waals surface area contributed by atoms with Gasteiger partial charge >= 0.3 is 0 Å². The number of aromatic nitrogens is 1. The molecule has 6 heteroatoms. The fourth-order valence-corrected chi connectivity index (χ4v) is 2.63. The van der Waals surface area contributed by atoms with Crippen LogP contribution >= 0.6 is 0 Å². The molecule has 1 aliphatic heterocycles. The average molecular weight is 323 g/mol. The van der Waals surface area contributed by atoms with E-state index in [1.165, 1.54) is 0 Å². The zero-order chi connectivity index (χ0) is 16.3. The van der Waals surface area contributed by atoms with Crippen LogP contribution in [-0.4, -0.2) is 63.7 Å². The molecule has 0 spiro atoms. The Morgan fingerprint density at radius 1 is 1.22 bits per heavy atom. The maximum Gasteiger partial charge on any atom is 0.139 e. The van der Waals surface area contributed by atoms with Crippen molar-refractivity contribution in [1.82, 2.24) is 10.3 Å². The van der Waals surface area contributed by atoms with Crippen LogP contribution in [0, 0.1) is 0 Å². The number of nitrogens with zero attached hydrogens (tertiary/aromatic N) is 2. The van der Waals surface area contributed by atoms with E-state index in [0.29, 0.717) is 32.5 Å². The lowest BCUT2D eigenvalue weighted by atomic mass is 10.2. The molecule has 1 unspecified atom stereocenters. The fourth-order valence-electron chi connectivity index (χ4n) is 2.63. The van der Waals surface area contributed by atoms with E-state index < -0.39 is 0 Å². The standard InChI is InChI=1S/C17H29N3O3/c1-3-21-7-8-22-9-10-23-17-11-16(13-19-14-17)20-6-4-5-18-12-15(20)2/h11,13-15,18H,3-10,12H2,1-2H3. The Hall–Kier alpha value is -1.37. The molecule has 23 heavy (non-hydrogen) atoms. The molecule has 6 nitrogen and oxygen atoms in total. The summed E-state index contributed by atoms with van der Waals surface area (Å²) < 4.78 is 16.4. The van der Waals surface area contributed by atoms with Crippen molar-refractivity contribution in [3.05, 3.63) is 18.5 Å². The predicted molar refractivity (Wildman–Crippen MR) is 91.3 cm³/mol. The van der Waals surface area contributed by atoms with Gasteiger partial charge in [-0.05, 0) is 26.8 Å². The third-order valence-corrected chi connectivity index (χ3v) is 3.83. The first-order valence-electron chi connectivity index (χ1n) is 8.52. The van der Waals surface area contributed by atoms with Gasteiger partial charge in [0.1, 0.15) is 12.4 Å². The summed E-state index contributed by atoms with van der Waals surface area (Å²) in [5.74, 6) is 0.792. The second kappa shape index (κ2) is 10.4. The molecule has 0 amide bonds. The normalized spacial score (nSPS) is 18.7. The van der Waals surface area contributed by atoms with E-state index in [9.17, 15) is 0 Å². The molecule has 1 aromatic rings. The molecule has 0 radical (unpaired) electrons. The van der Waals surface area contributed by atoms with Gasteiger partial charge in [0.05, 0.1) is 37.9 Å². The van der Waals surface area contributed by atoms with Crippen LogP contribution in [0.15, 0.2) is 18.5 Å². The highest BCUT2D eigenvalue weighted by Crippen LogP contribution is 2.22. The molecule has 1 fully saturated rings. The quantitative estimate of drug-likeness (QED) is 0.698. The Morgan fingerprint density at radius 2 is 2.04 bits per heavy atom. The smallest absolute Gasteiger partial charge is 0.139 e. The van der Waals surface area contributed by atoms with Gasteiger partial charge in [0.15, 0.2) is 0 Å². The van der Waals surface area contributed by atoms with E-state index in [1.807, 2.05) is 13.1 Å². The third kappa shape index (κ3) is 6.33. The predicted octanol–water partition coefficient (Wildman–Crippen LogP) is 1.70. The van der Waals surface area contributed by atoms with Gasteiger partial charge in [-0.3, -0.25) is 4.98 Å². The minimum Gasteiger partial charge on any atom is -0.489 e. The number of pyridine rings is 1. The SMILES string of the molecule is CCOCCOCCOc1cncc(N2CCCNCC2C)c1. The lowest BCUT2D eigenvalue weighted by Gasteiger charge is -2.29. The van der Waals surface area contributed by atoms with E-state index in [-0.39, 0.29) is 0 Å². The topological polar surface area (TPSA) is 55.9 Å². The summed E-state index contributed by atoms with van der Waals surface area (Å²) in [6.45, 7) is 10.4. The highest BCUT2D eigenvalue weighted by molar-refractivity contribution is 5.49. The second-order valence-corrected chi connectivity index (χ2v) is 5.64. The van der Waals surface area contributed by atoms with Crippen molar-refractivity contribution < 1.29 is 14.2 Å². The maximum atomic E-state index is 5.74. The lowest BCUT2D eigenvalue weighted by molar-refractivity contribution is 0.0404. The van der Waals surface area contributed by atoms with Crippen LogP contribution in [0.4, 0.5) is 5.69 Å². The Labute approximate surface area is 139 Å². The van der Waals surface area contributed by atoms with Crippen LogP contribution < -0.4 is 15.0 Å². The van der Waals surface area contributed by atoms with Gasteiger partial charge in [-0.1, -0.05) is 0 Å². The molecule has 2 rings (SSSR count). The zero-order valence-corrected chi connectivity index (χ0v) is 14.3. The molecule has 1 aliphatic rings. The molecular formula is C17H29N3O3. The number of hydrogen-bond donors (Lipinski definition) is 1. The Morgan fingerprint density at radius 3 is 2.91 bits per heavy atom. The van der Waals surface area contributed by atoms with E-state index >= 15 is 0 Å². The van der Waals surface area contributed by atoms with Crippen molar-refractivity contribution in [1.29, 1.82) is 0 Å². The highest BCUT2D eigenvalue weighted by Gasteiger charge is 2.17. The van der Waals surface area contributed by atoms with E-state index in [2.05, 4.69) is 28.2 Å². The highest BCUT2D eigenvalue weighted by atomic mass is 16.5. The van der Waals surface area contributed by atoms with E-state index in [1.54, 1.807) is 6.20 Å². The molecular weight excluding hydrogens is 294 g/mol. The van der Waals surface area contributed by atoms with Crippen molar-refractivity contribution in [2.24, 2.45) is 0 Å². The Balaban J connectivity index is 1.77. The second-order valence-electron chi connectivity index (χ2n) is 5.64. The van der Waals surface area contributed by atoms with Crippen LogP contribution in [0.2, 0.25) is 0 Å². The first-order valence-corrected chi connectivity index (χ1v) is 8.52. The van der Waals surface area contributed by atoms with Crippen molar-refractivity contribution in [2.45, 2.75) is 26.3 Å². The Bertz CT molecular complexity index is 445. The number of anilines is 1. The van der Waals surface area contributed by atoms with Crippen LogP contribution in [0.5, 0.6) is 5.75 Å².